The van der Waals surface area contributed by atoms with Crippen LogP contribution in [-0.4, -0.2) is 10.9 Å². The van der Waals surface area contributed by atoms with Crippen molar-refractivity contribution in [3.8, 4) is 11.3 Å². The number of carbonyl (C=O) groups excluding carboxylic acids is 1. The summed E-state index contributed by atoms with van der Waals surface area (Å²) >= 11 is 0. The van der Waals surface area contributed by atoms with Gasteiger partial charge in [-0.05, 0) is 6.92 Å². The average molecular weight is 201 g/mol. The molecule has 0 bridgehead atoms. The standard InChI is InChI=1S/C12H11NO2/c1-9(14)7-11-8-12(13-15-11)10-5-3-2-4-6-10/h2-6,8H,7H2,1H3. The normalized spacial score (nSPS) is 10.2. The van der Waals surface area contributed by atoms with Gasteiger partial charge in [-0.1, -0.05) is 35.5 Å². The van der Waals surface area contributed by atoms with E-state index in [4.69, 9.17) is 4.52 Å². The lowest BCUT2D eigenvalue weighted by Crippen LogP contribution is -1.93. The molecule has 0 saturated carbocycles. The van der Waals surface area contributed by atoms with Crippen LogP contribution in [0, 0.1) is 0 Å². The van der Waals surface area contributed by atoms with E-state index in [-0.39, 0.29) is 5.78 Å². The predicted octanol–water partition coefficient (Wildman–Crippen LogP) is 2.47. The van der Waals surface area contributed by atoms with Crippen molar-refractivity contribution in [3.63, 3.8) is 0 Å². The van der Waals surface area contributed by atoms with E-state index >= 15 is 0 Å². The second-order valence-electron chi connectivity index (χ2n) is 3.42. The number of rotatable bonds is 3. The summed E-state index contributed by atoms with van der Waals surface area (Å²) in [5, 5.41) is 3.91. The van der Waals surface area contributed by atoms with Crippen LogP contribution in [0.2, 0.25) is 0 Å². The van der Waals surface area contributed by atoms with Gasteiger partial charge >= 0.3 is 0 Å². The highest BCUT2D eigenvalue weighted by molar-refractivity contribution is 5.77. The minimum absolute atomic E-state index is 0.0748. The molecule has 0 unspecified atom stereocenters. The Hall–Kier alpha value is -1.90. The average Bonchev–Trinajstić information content (AvgIpc) is 2.67. The van der Waals surface area contributed by atoms with Gasteiger partial charge in [-0.15, -0.1) is 0 Å². The van der Waals surface area contributed by atoms with Crippen LogP contribution in [0.25, 0.3) is 11.3 Å². The number of hydrogen-bond donors (Lipinski definition) is 0. The SMILES string of the molecule is CC(=O)Cc1cc(-c2ccccc2)no1. The van der Waals surface area contributed by atoms with Gasteiger partial charge in [0.05, 0.1) is 6.42 Å². The molecule has 3 nitrogen and oxygen atoms in total. The van der Waals surface area contributed by atoms with Crippen molar-refractivity contribution in [2.45, 2.75) is 13.3 Å². The fourth-order valence-corrected chi connectivity index (χ4v) is 1.39. The lowest BCUT2D eigenvalue weighted by Gasteiger charge is -1.91. The Labute approximate surface area is 87.7 Å². The van der Waals surface area contributed by atoms with Crippen LogP contribution in [0.4, 0.5) is 0 Å². The molecule has 1 heterocycles. The predicted molar refractivity (Wildman–Crippen MR) is 56.3 cm³/mol. The number of hydrogen-bond acceptors (Lipinski definition) is 3. The zero-order valence-electron chi connectivity index (χ0n) is 8.43. The van der Waals surface area contributed by atoms with E-state index in [0.29, 0.717) is 12.2 Å². The number of aromatic nitrogens is 1. The van der Waals surface area contributed by atoms with Gasteiger partial charge < -0.3 is 4.52 Å². The second kappa shape index (κ2) is 4.09. The molecule has 76 valence electrons. The fraction of sp³-hybridized carbons (Fsp3) is 0.167. The maximum absolute atomic E-state index is 10.9. The molecule has 3 heteroatoms. The van der Waals surface area contributed by atoms with Crippen LogP contribution in [-0.2, 0) is 11.2 Å². The van der Waals surface area contributed by atoms with Crippen molar-refractivity contribution < 1.29 is 9.32 Å². The molecular formula is C12H11NO2. The zero-order chi connectivity index (χ0) is 10.7. The first kappa shape index (κ1) is 9.65. The largest absolute Gasteiger partial charge is 0.360 e. The van der Waals surface area contributed by atoms with Crippen molar-refractivity contribution in [2.24, 2.45) is 0 Å². The molecule has 1 aromatic carbocycles. The molecule has 0 amide bonds. The highest BCUT2D eigenvalue weighted by atomic mass is 16.5. The molecule has 1 aromatic heterocycles. The zero-order valence-corrected chi connectivity index (χ0v) is 8.43. The van der Waals surface area contributed by atoms with E-state index in [1.807, 2.05) is 30.3 Å². The number of nitrogens with zero attached hydrogens (tertiary/aromatic N) is 1. The van der Waals surface area contributed by atoms with Crippen LogP contribution in [0.5, 0.6) is 0 Å². The molecular weight excluding hydrogens is 190 g/mol. The summed E-state index contributed by atoms with van der Waals surface area (Å²) in [6, 6.07) is 11.5. The van der Waals surface area contributed by atoms with Crippen molar-refractivity contribution >= 4 is 5.78 Å². The van der Waals surface area contributed by atoms with E-state index < -0.39 is 0 Å². The van der Waals surface area contributed by atoms with E-state index in [9.17, 15) is 4.79 Å². The van der Waals surface area contributed by atoms with Crippen molar-refractivity contribution in [1.29, 1.82) is 0 Å². The Balaban J connectivity index is 2.24. The molecule has 0 aliphatic heterocycles. The fourth-order valence-electron chi connectivity index (χ4n) is 1.39. The first-order chi connectivity index (χ1) is 7.25. The van der Waals surface area contributed by atoms with E-state index in [0.717, 1.165) is 11.3 Å². The topological polar surface area (TPSA) is 43.1 Å². The van der Waals surface area contributed by atoms with Crippen molar-refractivity contribution in [1.82, 2.24) is 5.16 Å². The molecule has 0 spiro atoms. The summed E-state index contributed by atoms with van der Waals surface area (Å²) in [4.78, 5) is 10.9. The van der Waals surface area contributed by atoms with Crippen molar-refractivity contribution in [2.75, 3.05) is 0 Å². The lowest BCUT2D eigenvalue weighted by atomic mass is 10.1. The van der Waals surface area contributed by atoms with Crippen LogP contribution in [0.3, 0.4) is 0 Å². The first-order valence-corrected chi connectivity index (χ1v) is 4.76. The van der Waals surface area contributed by atoms with E-state index in [1.165, 1.54) is 6.92 Å². The summed E-state index contributed by atoms with van der Waals surface area (Å²) in [7, 11) is 0. The summed E-state index contributed by atoms with van der Waals surface area (Å²) in [5.74, 6) is 0.687. The third-order valence-corrected chi connectivity index (χ3v) is 2.05. The molecule has 2 aromatic rings. The molecule has 2 rings (SSSR count). The highest BCUT2D eigenvalue weighted by Gasteiger charge is 2.07. The number of benzene rings is 1. The highest BCUT2D eigenvalue weighted by Crippen LogP contribution is 2.18. The summed E-state index contributed by atoms with van der Waals surface area (Å²) in [6.07, 6.45) is 0.305. The quantitative estimate of drug-likeness (QED) is 0.766. The molecule has 0 radical (unpaired) electrons. The summed E-state index contributed by atoms with van der Waals surface area (Å²) in [6.45, 7) is 1.53. The smallest absolute Gasteiger partial charge is 0.144 e. The van der Waals surface area contributed by atoms with Gasteiger partial charge in [-0.2, -0.15) is 0 Å². The van der Waals surface area contributed by atoms with Crippen LogP contribution in [0.1, 0.15) is 12.7 Å². The van der Waals surface area contributed by atoms with Crippen LogP contribution < -0.4 is 0 Å². The second-order valence-corrected chi connectivity index (χ2v) is 3.42. The van der Waals surface area contributed by atoms with Gasteiger partial charge in [0.1, 0.15) is 17.2 Å². The molecule has 0 N–H and O–H groups in total. The monoisotopic (exact) mass is 201 g/mol. The molecule has 15 heavy (non-hydrogen) atoms. The van der Waals surface area contributed by atoms with Gasteiger partial charge in [-0.3, -0.25) is 4.79 Å². The summed E-state index contributed by atoms with van der Waals surface area (Å²) in [5.41, 5.74) is 1.77. The third-order valence-electron chi connectivity index (χ3n) is 2.05. The minimum Gasteiger partial charge on any atom is -0.360 e. The van der Waals surface area contributed by atoms with E-state index in [1.54, 1.807) is 6.07 Å². The molecule has 0 aliphatic carbocycles. The lowest BCUT2D eigenvalue weighted by molar-refractivity contribution is -0.116. The van der Waals surface area contributed by atoms with Crippen LogP contribution >= 0.6 is 0 Å². The molecule has 0 saturated heterocycles. The van der Waals surface area contributed by atoms with E-state index in [2.05, 4.69) is 5.16 Å². The molecule has 0 fully saturated rings. The van der Waals surface area contributed by atoms with Gasteiger partial charge in [0, 0.05) is 11.6 Å². The Morgan fingerprint density at radius 2 is 2.07 bits per heavy atom. The Bertz CT molecular complexity index is 459. The van der Waals surface area contributed by atoms with Crippen molar-refractivity contribution in [3.05, 3.63) is 42.2 Å². The van der Waals surface area contributed by atoms with Gasteiger partial charge in [0.2, 0.25) is 0 Å². The van der Waals surface area contributed by atoms with Crippen LogP contribution in [0.15, 0.2) is 40.9 Å². The van der Waals surface area contributed by atoms with Gasteiger partial charge in [-0.25, -0.2) is 0 Å². The number of Topliss-reactive ketones (excluding diaryl/α,β-unsaturated/α-hetero) is 1. The first-order valence-electron chi connectivity index (χ1n) is 4.76. The summed E-state index contributed by atoms with van der Waals surface area (Å²) < 4.78 is 5.06. The van der Waals surface area contributed by atoms with Gasteiger partial charge in [0.25, 0.3) is 0 Å². The Kier molecular flexibility index (Phi) is 2.63. The Morgan fingerprint density at radius 3 is 2.73 bits per heavy atom. The minimum atomic E-state index is 0.0748. The van der Waals surface area contributed by atoms with Gasteiger partial charge in [0.15, 0.2) is 0 Å². The third kappa shape index (κ3) is 2.31. The maximum atomic E-state index is 10.9. The molecule has 0 atom stereocenters. The molecule has 0 aliphatic rings. The Morgan fingerprint density at radius 1 is 1.33 bits per heavy atom. The maximum Gasteiger partial charge on any atom is 0.144 e. The number of carbonyl (C=O) groups is 1. The number of ketones is 1.